The molecule has 2 saturated heterocycles. The van der Waals surface area contributed by atoms with Crippen LogP contribution in [0.1, 0.15) is 32.6 Å². The van der Waals surface area contributed by atoms with Crippen LogP contribution in [0.15, 0.2) is 0 Å². The highest BCUT2D eigenvalue weighted by atomic mass is 16.6. The third-order valence-corrected chi connectivity index (χ3v) is 4.23. The fourth-order valence-electron chi connectivity index (χ4n) is 2.92. The molecule has 3 rings (SSSR count). The molecule has 1 saturated carbocycles. The van der Waals surface area contributed by atoms with Crippen molar-refractivity contribution in [2.75, 3.05) is 13.2 Å². The Hall–Kier alpha value is -0.0800. The van der Waals surface area contributed by atoms with Gasteiger partial charge in [0.2, 0.25) is 0 Å². The first-order chi connectivity index (χ1) is 6.30. The van der Waals surface area contributed by atoms with Crippen LogP contribution in [0.4, 0.5) is 0 Å². The lowest BCUT2D eigenvalue weighted by molar-refractivity contribution is -0.0880. The van der Waals surface area contributed by atoms with Crippen molar-refractivity contribution < 1.29 is 9.47 Å². The summed E-state index contributed by atoms with van der Waals surface area (Å²) in [6, 6.07) is 0. The molecule has 2 nitrogen and oxygen atoms in total. The lowest BCUT2D eigenvalue weighted by atomic mass is 9.90. The highest BCUT2D eigenvalue weighted by Crippen LogP contribution is 2.49. The molecule has 1 aliphatic carbocycles. The summed E-state index contributed by atoms with van der Waals surface area (Å²) >= 11 is 0. The van der Waals surface area contributed by atoms with Crippen molar-refractivity contribution >= 4 is 0 Å². The molecule has 0 aromatic carbocycles. The van der Waals surface area contributed by atoms with Crippen LogP contribution < -0.4 is 0 Å². The standard InChI is InChI=1S/C11H18O2/c1-8-11(4-5-12-8)3-2-9-6-10(9)7-13-11/h8-10H,2-7H2,1H3. The Morgan fingerprint density at radius 2 is 2.15 bits per heavy atom. The fraction of sp³-hybridized carbons (Fsp3) is 1.00. The number of hydrogen-bond donors (Lipinski definition) is 0. The average molecular weight is 182 g/mol. The molecule has 13 heavy (non-hydrogen) atoms. The first-order valence-corrected chi connectivity index (χ1v) is 5.56. The first kappa shape index (κ1) is 8.25. The summed E-state index contributed by atoms with van der Waals surface area (Å²) in [5, 5.41) is 0. The Bertz CT molecular complexity index is 202. The van der Waals surface area contributed by atoms with Crippen LogP contribution in [0.3, 0.4) is 0 Å². The van der Waals surface area contributed by atoms with Crippen LogP contribution >= 0.6 is 0 Å². The fourth-order valence-corrected chi connectivity index (χ4v) is 2.92. The highest BCUT2D eigenvalue weighted by molar-refractivity contribution is 4.98. The van der Waals surface area contributed by atoms with Gasteiger partial charge < -0.3 is 9.47 Å². The third kappa shape index (κ3) is 1.23. The van der Waals surface area contributed by atoms with Crippen LogP contribution in [0.5, 0.6) is 0 Å². The monoisotopic (exact) mass is 182 g/mol. The SMILES string of the molecule is CC1OCCC12CCC1CC1CO2. The van der Waals surface area contributed by atoms with Crippen LogP contribution in [0, 0.1) is 11.8 Å². The molecule has 4 unspecified atom stereocenters. The van der Waals surface area contributed by atoms with Gasteiger partial charge in [0.1, 0.15) is 0 Å². The summed E-state index contributed by atoms with van der Waals surface area (Å²) in [5.74, 6) is 1.89. The Balaban J connectivity index is 1.75. The Morgan fingerprint density at radius 1 is 1.23 bits per heavy atom. The van der Waals surface area contributed by atoms with E-state index in [2.05, 4.69) is 6.92 Å². The second-order valence-electron chi connectivity index (χ2n) is 4.93. The Kier molecular flexibility index (Phi) is 1.72. The molecule has 2 aliphatic heterocycles. The number of fused-ring (bicyclic) bond motifs is 1. The van der Waals surface area contributed by atoms with Crippen LogP contribution in [0.2, 0.25) is 0 Å². The molecular weight excluding hydrogens is 164 g/mol. The zero-order chi connectivity index (χ0) is 8.89. The van der Waals surface area contributed by atoms with E-state index in [0.29, 0.717) is 6.10 Å². The molecule has 0 bridgehead atoms. The van der Waals surface area contributed by atoms with Crippen molar-refractivity contribution in [3.8, 4) is 0 Å². The topological polar surface area (TPSA) is 18.5 Å². The Morgan fingerprint density at radius 3 is 2.92 bits per heavy atom. The maximum atomic E-state index is 6.09. The summed E-state index contributed by atoms with van der Waals surface area (Å²) in [6.07, 6.45) is 5.47. The van der Waals surface area contributed by atoms with Crippen molar-refractivity contribution in [2.24, 2.45) is 11.8 Å². The second-order valence-corrected chi connectivity index (χ2v) is 4.93. The van der Waals surface area contributed by atoms with Gasteiger partial charge in [0, 0.05) is 13.0 Å². The number of ether oxygens (including phenoxy) is 2. The molecule has 0 aromatic rings. The van der Waals surface area contributed by atoms with Gasteiger partial charge in [0.05, 0.1) is 18.3 Å². The molecule has 4 atom stereocenters. The van der Waals surface area contributed by atoms with E-state index in [0.717, 1.165) is 31.5 Å². The predicted molar refractivity (Wildman–Crippen MR) is 49.5 cm³/mol. The van der Waals surface area contributed by atoms with Crippen molar-refractivity contribution in [3.63, 3.8) is 0 Å². The van der Waals surface area contributed by atoms with Gasteiger partial charge in [0.15, 0.2) is 0 Å². The van der Waals surface area contributed by atoms with Gasteiger partial charge in [-0.05, 0) is 38.0 Å². The lowest BCUT2D eigenvalue weighted by Crippen LogP contribution is -2.39. The zero-order valence-corrected chi connectivity index (χ0v) is 8.29. The van der Waals surface area contributed by atoms with Crippen molar-refractivity contribution in [2.45, 2.75) is 44.3 Å². The van der Waals surface area contributed by atoms with Gasteiger partial charge in [-0.15, -0.1) is 0 Å². The average Bonchev–Trinajstić information content (AvgIpc) is 2.79. The van der Waals surface area contributed by atoms with E-state index in [1.54, 1.807) is 0 Å². The summed E-state index contributed by atoms with van der Waals surface area (Å²) in [6.45, 7) is 4.07. The van der Waals surface area contributed by atoms with Crippen molar-refractivity contribution in [1.29, 1.82) is 0 Å². The van der Waals surface area contributed by atoms with E-state index >= 15 is 0 Å². The van der Waals surface area contributed by atoms with Crippen molar-refractivity contribution in [1.82, 2.24) is 0 Å². The van der Waals surface area contributed by atoms with E-state index in [4.69, 9.17) is 9.47 Å². The minimum absolute atomic E-state index is 0.105. The minimum Gasteiger partial charge on any atom is -0.375 e. The van der Waals surface area contributed by atoms with Gasteiger partial charge >= 0.3 is 0 Å². The molecule has 0 amide bonds. The normalized spacial score (nSPS) is 54.7. The molecule has 0 aromatic heterocycles. The van der Waals surface area contributed by atoms with Crippen LogP contribution in [0.25, 0.3) is 0 Å². The zero-order valence-electron chi connectivity index (χ0n) is 8.29. The molecule has 2 heterocycles. The molecule has 0 N–H and O–H groups in total. The second kappa shape index (κ2) is 2.71. The first-order valence-electron chi connectivity index (χ1n) is 5.56. The highest BCUT2D eigenvalue weighted by Gasteiger charge is 2.49. The number of hydrogen-bond acceptors (Lipinski definition) is 2. The molecular formula is C11H18O2. The van der Waals surface area contributed by atoms with E-state index in [-0.39, 0.29) is 5.60 Å². The smallest absolute Gasteiger partial charge is 0.0962 e. The molecule has 2 heteroatoms. The molecule has 3 aliphatic rings. The van der Waals surface area contributed by atoms with E-state index in [1.807, 2.05) is 0 Å². The molecule has 3 fully saturated rings. The maximum absolute atomic E-state index is 6.09. The van der Waals surface area contributed by atoms with E-state index < -0.39 is 0 Å². The summed E-state index contributed by atoms with van der Waals surface area (Å²) in [7, 11) is 0. The predicted octanol–water partition coefficient (Wildman–Crippen LogP) is 1.98. The summed E-state index contributed by atoms with van der Waals surface area (Å²) < 4.78 is 11.7. The third-order valence-electron chi connectivity index (χ3n) is 4.23. The molecule has 1 spiro atoms. The largest absolute Gasteiger partial charge is 0.375 e. The van der Waals surface area contributed by atoms with Crippen molar-refractivity contribution in [3.05, 3.63) is 0 Å². The van der Waals surface area contributed by atoms with Gasteiger partial charge in [-0.25, -0.2) is 0 Å². The molecule has 0 radical (unpaired) electrons. The van der Waals surface area contributed by atoms with E-state index in [9.17, 15) is 0 Å². The van der Waals surface area contributed by atoms with Gasteiger partial charge in [-0.3, -0.25) is 0 Å². The Labute approximate surface area is 79.6 Å². The maximum Gasteiger partial charge on any atom is 0.0962 e. The van der Waals surface area contributed by atoms with Gasteiger partial charge in [-0.1, -0.05) is 0 Å². The minimum atomic E-state index is 0.105. The van der Waals surface area contributed by atoms with Gasteiger partial charge in [-0.2, -0.15) is 0 Å². The number of rotatable bonds is 0. The summed E-state index contributed by atoms with van der Waals surface area (Å²) in [5.41, 5.74) is 0.105. The molecule has 74 valence electrons. The van der Waals surface area contributed by atoms with Crippen LogP contribution in [-0.4, -0.2) is 24.9 Å². The van der Waals surface area contributed by atoms with Crippen LogP contribution in [-0.2, 0) is 9.47 Å². The van der Waals surface area contributed by atoms with Gasteiger partial charge in [0.25, 0.3) is 0 Å². The quantitative estimate of drug-likeness (QED) is 0.570. The van der Waals surface area contributed by atoms with E-state index in [1.165, 1.54) is 19.3 Å². The summed E-state index contributed by atoms with van der Waals surface area (Å²) in [4.78, 5) is 0. The lowest BCUT2D eigenvalue weighted by Gasteiger charge is -2.31.